The Kier molecular flexibility index (Phi) is 5.01. The van der Waals surface area contributed by atoms with Crippen LogP contribution in [0.2, 0.25) is 0 Å². The van der Waals surface area contributed by atoms with Gasteiger partial charge in [0.2, 0.25) is 0 Å². The summed E-state index contributed by atoms with van der Waals surface area (Å²) >= 11 is 3.67. The van der Waals surface area contributed by atoms with Crippen LogP contribution in [-0.2, 0) is 17.6 Å². The summed E-state index contributed by atoms with van der Waals surface area (Å²) in [5.74, 6) is -0.574. The van der Waals surface area contributed by atoms with E-state index in [1.807, 2.05) is 18.2 Å². The van der Waals surface area contributed by atoms with Gasteiger partial charge in [0.05, 0.1) is 12.7 Å². The number of esters is 1. The van der Waals surface area contributed by atoms with Crippen LogP contribution in [0, 0.1) is 3.57 Å². The molecule has 3 rings (SSSR count). The molecule has 120 valence electrons. The van der Waals surface area contributed by atoms with E-state index in [2.05, 4.69) is 27.9 Å². The highest BCUT2D eigenvalue weighted by atomic mass is 127. The summed E-state index contributed by atoms with van der Waals surface area (Å²) in [5.41, 5.74) is 2.16. The molecular formula is C17H16INO3S. The Balaban J connectivity index is 1.94. The van der Waals surface area contributed by atoms with Gasteiger partial charge in [0, 0.05) is 14.0 Å². The lowest BCUT2D eigenvalue weighted by Crippen LogP contribution is -2.15. The fourth-order valence-corrected chi connectivity index (χ4v) is 4.59. The van der Waals surface area contributed by atoms with Gasteiger partial charge in [0.15, 0.2) is 0 Å². The lowest BCUT2D eigenvalue weighted by atomic mass is 9.95. The van der Waals surface area contributed by atoms with Gasteiger partial charge in [-0.2, -0.15) is 0 Å². The van der Waals surface area contributed by atoms with Crippen molar-refractivity contribution in [1.82, 2.24) is 0 Å². The predicted molar refractivity (Wildman–Crippen MR) is 99.4 cm³/mol. The van der Waals surface area contributed by atoms with Gasteiger partial charge in [-0.1, -0.05) is 6.07 Å². The van der Waals surface area contributed by atoms with Crippen molar-refractivity contribution in [1.29, 1.82) is 0 Å². The molecule has 23 heavy (non-hydrogen) atoms. The van der Waals surface area contributed by atoms with Crippen LogP contribution in [0.3, 0.4) is 0 Å². The number of nitrogens with one attached hydrogen (secondary N) is 1. The van der Waals surface area contributed by atoms with E-state index in [0.29, 0.717) is 16.1 Å². The number of methoxy groups -OCH3 is 1. The number of anilines is 1. The minimum absolute atomic E-state index is 0.202. The molecule has 1 aromatic heterocycles. The largest absolute Gasteiger partial charge is 0.465 e. The van der Waals surface area contributed by atoms with Crippen molar-refractivity contribution in [3.63, 3.8) is 0 Å². The first-order valence-corrected chi connectivity index (χ1v) is 9.29. The van der Waals surface area contributed by atoms with E-state index in [4.69, 9.17) is 4.74 Å². The number of benzene rings is 1. The van der Waals surface area contributed by atoms with Gasteiger partial charge in [-0.15, -0.1) is 11.3 Å². The summed E-state index contributed by atoms with van der Waals surface area (Å²) in [4.78, 5) is 25.8. The molecule has 2 aromatic rings. The van der Waals surface area contributed by atoms with Crippen molar-refractivity contribution in [2.45, 2.75) is 25.7 Å². The summed E-state index contributed by atoms with van der Waals surface area (Å²) in [5, 5.41) is 3.51. The summed E-state index contributed by atoms with van der Waals surface area (Å²) in [6.07, 6.45) is 4.02. The Morgan fingerprint density at radius 3 is 2.78 bits per heavy atom. The zero-order chi connectivity index (χ0) is 16.4. The molecule has 1 aliphatic carbocycles. The molecule has 4 nitrogen and oxygen atoms in total. The normalized spacial score (nSPS) is 13.3. The molecule has 6 heteroatoms. The molecule has 1 heterocycles. The van der Waals surface area contributed by atoms with Crippen LogP contribution in [0.4, 0.5) is 5.00 Å². The number of carbonyl (C=O) groups excluding carboxylic acids is 2. The number of fused-ring (bicyclic) bond motifs is 1. The molecule has 1 aromatic carbocycles. The number of rotatable bonds is 3. The molecule has 1 aliphatic rings. The fraction of sp³-hybridized carbons (Fsp3) is 0.294. The number of thiophene rings is 1. The molecular weight excluding hydrogens is 425 g/mol. The van der Waals surface area contributed by atoms with Crippen molar-refractivity contribution in [2.75, 3.05) is 12.4 Å². The highest BCUT2D eigenvalue weighted by Gasteiger charge is 2.27. The Bertz CT molecular complexity index is 769. The second kappa shape index (κ2) is 7.00. The van der Waals surface area contributed by atoms with Crippen molar-refractivity contribution in [3.8, 4) is 0 Å². The van der Waals surface area contributed by atoms with E-state index in [1.165, 1.54) is 23.3 Å². The monoisotopic (exact) mass is 441 g/mol. The van der Waals surface area contributed by atoms with Crippen LogP contribution in [0.5, 0.6) is 0 Å². The first-order valence-electron chi connectivity index (χ1n) is 7.40. The summed E-state index contributed by atoms with van der Waals surface area (Å²) in [6, 6.07) is 7.36. The quantitative estimate of drug-likeness (QED) is 0.572. The maximum atomic E-state index is 12.5. The summed E-state index contributed by atoms with van der Waals surface area (Å²) in [6.45, 7) is 0. The zero-order valence-corrected chi connectivity index (χ0v) is 15.6. The van der Waals surface area contributed by atoms with Gasteiger partial charge in [-0.05, 0) is 72.0 Å². The van der Waals surface area contributed by atoms with Gasteiger partial charge in [-0.3, -0.25) is 4.79 Å². The van der Waals surface area contributed by atoms with Gasteiger partial charge >= 0.3 is 5.97 Å². The second-order valence-corrected chi connectivity index (χ2v) is 7.72. The molecule has 1 N–H and O–H groups in total. The van der Waals surface area contributed by atoms with Crippen molar-refractivity contribution < 1.29 is 14.3 Å². The van der Waals surface area contributed by atoms with E-state index < -0.39 is 0 Å². The minimum atomic E-state index is -0.373. The van der Waals surface area contributed by atoms with Crippen LogP contribution in [0.25, 0.3) is 0 Å². The number of halogens is 1. The summed E-state index contributed by atoms with van der Waals surface area (Å²) in [7, 11) is 1.38. The third-order valence-corrected chi connectivity index (χ3v) is 5.75. The van der Waals surface area contributed by atoms with Crippen molar-refractivity contribution >= 4 is 50.8 Å². The molecule has 0 saturated carbocycles. The van der Waals surface area contributed by atoms with Crippen LogP contribution >= 0.6 is 33.9 Å². The molecule has 1 amide bonds. The smallest absolute Gasteiger partial charge is 0.341 e. The Morgan fingerprint density at radius 2 is 2.04 bits per heavy atom. The van der Waals surface area contributed by atoms with Crippen molar-refractivity contribution in [2.24, 2.45) is 0 Å². The lowest BCUT2D eigenvalue weighted by molar-refractivity contribution is 0.0601. The number of hydrogen-bond acceptors (Lipinski definition) is 4. The SMILES string of the molecule is COC(=O)c1c(NC(=O)c2cccc(I)c2)sc2c1CCCC2. The number of ether oxygens (including phenoxy) is 1. The fourth-order valence-electron chi connectivity index (χ4n) is 2.78. The van der Waals surface area contributed by atoms with Gasteiger partial charge in [-0.25, -0.2) is 4.79 Å². The Morgan fingerprint density at radius 1 is 1.26 bits per heavy atom. The van der Waals surface area contributed by atoms with Crippen LogP contribution in [0.15, 0.2) is 24.3 Å². The zero-order valence-electron chi connectivity index (χ0n) is 12.6. The lowest BCUT2D eigenvalue weighted by Gasteiger charge is -2.11. The Hall–Kier alpha value is -1.41. The van der Waals surface area contributed by atoms with Crippen LogP contribution < -0.4 is 5.32 Å². The van der Waals surface area contributed by atoms with Gasteiger partial charge in [0.25, 0.3) is 5.91 Å². The van der Waals surface area contributed by atoms with E-state index in [0.717, 1.165) is 34.8 Å². The molecule has 0 atom stereocenters. The summed E-state index contributed by atoms with van der Waals surface area (Å²) < 4.78 is 5.92. The van der Waals surface area contributed by atoms with Crippen LogP contribution in [-0.4, -0.2) is 19.0 Å². The molecule has 0 radical (unpaired) electrons. The average Bonchev–Trinajstić information content (AvgIpc) is 2.92. The second-order valence-electron chi connectivity index (χ2n) is 5.37. The van der Waals surface area contributed by atoms with E-state index in [1.54, 1.807) is 6.07 Å². The van der Waals surface area contributed by atoms with Crippen molar-refractivity contribution in [3.05, 3.63) is 49.4 Å². The number of hydrogen-bond donors (Lipinski definition) is 1. The standard InChI is InChI=1S/C17H16INO3S/c1-22-17(21)14-12-7-2-3-8-13(12)23-16(14)19-15(20)10-5-4-6-11(18)9-10/h4-6,9H,2-3,7-8H2,1H3,(H,19,20). The highest BCUT2D eigenvalue weighted by Crippen LogP contribution is 2.38. The minimum Gasteiger partial charge on any atom is -0.465 e. The van der Waals surface area contributed by atoms with Gasteiger partial charge < -0.3 is 10.1 Å². The third-order valence-electron chi connectivity index (χ3n) is 3.87. The highest BCUT2D eigenvalue weighted by molar-refractivity contribution is 14.1. The number of carbonyl (C=O) groups is 2. The molecule has 0 aliphatic heterocycles. The number of aryl methyl sites for hydroxylation is 1. The maximum absolute atomic E-state index is 12.5. The maximum Gasteiger partial charge on any atom is 0.341 e. The Labute approximate surface area is 152 Å². The van der Waals surface area contributed by atoms with Gasteiger partial charge in [0.1, 0.15) is 5.00 Å². The predicted octanol–water partition coefficient (Wildman–Crippen LogP) is 4.27. The first-order chi connectivity index (χ1) is 11.1. The first kappa shape index (κ1) is 16.4. The molecule has 0 saturated heterocycles. The van der Waals surface area contributed by atoms with Crippen LogP contribution in [0.1, 0.15) is 44.0 Å². The molecule has 0 bridgehead atoms. The molecule has 0 fully saturated rings. The topological polar surface area (TPSA) is 55.4 Å². The van der Waals surface area contributed by atoms with E-state index in [-0.39, 0.29) is 11.9 Å². The van der Waals surface area contributed by atoms with E-state index >= 15 is 0 Å². The number of amides is 1. The molecule has 0 spiro atoms. The average molecular weight is 441 g/mol. The third kappa shape index (κ3) is 3.42. The van der Waals surface area contributed by atoms with E-state index in [9.17, 15) is 9.59 Å². The molecule has 0 unspecified atom stereocenters.